The van der Waals surface area contributed by atoms with Gasteiger partial charge in [0.2, 0.25) is 0 Å². The van der Waals surface area contributed by atoms with E-state index in [0.717, 1.165) is 62.1 Å². The van der Waals surface area contributed by atoms with E-state index >= 15 is 0 Å². The zero-order valence-corrected chi connectivity index (χ0v) is 16.1. The summed E-state index contributed by atoms with van der Waals surface area (Å²) in [6, 6.07) is 16.0. The molecule has 2 fully saturated rings. The third-order valence-electron chi connectivity index (χ3n) is 5.75. The van der Waals surface area contributed by atoms with E-state index in [2.05, 4.69) is 4.90 Å². The van der Waals surface area contributed by atoms with Crippen molar-refractivity contribution in [1.82, 2.24) is 9.80 Å². The van der Waals surface area contributed by atoms with Gasteiger partial charge in [0.1, 0.15) is 0 Å². The van der Waals surface area contributed by atoms with E-state index in [1.54, 1.807) is 0 Å². The van der Waals surface area contributed by atoms with Crippen molar-refractivity contribution < 1.29 is 9.90 Å². The van der Waals surface area contributed by atoms with E-state index in [0.29, 0.717) is 11.1 Å². The van der Waals surface area contributed by atoms with E-state index in [-0.39, 0.29) is 12.0 Å². The van der Waals surface area contributed by atoms with Gasteiger partial charge in [0.25, 0.3) is 5.91 Å². The maximum absolute atomic E-state index is 12.8. The predicted molar refractivity (Wildman–Crippen MR) is 108 cm³/mol. The number of hydrogen-bond acceptors (Lipinski definition) is 3. The summed E-state index contributed by atoms with van der Waals surface area (Å²) in [4.78, 5) is 17.2. The van der Waals surface area contributed by atoms with E-state index < -0.39 is 0 Å². The molecule has 1 N–H and O–H groups in total. The van der Waals surface area contributed by atoms with Crippen molar-refractivity contribution in [2.24, 2.45) is 0 Å². The van der Waals surface area contributed by atoms with Crippen molar-refractivity contribution in [2.75, 3.05) is 26.2 Å². The molecule has 5 heteroatoms. The summed E-state index contributed by atoms with van der Waals surface area (Å²) in [5.74, 6) is 0.104. The van der Waals surface area contributed by atoms with Crippen molar-refractivity contribution in [3.05, 3.63) is 59.1 Å². The number of aliphatic hydroxyl groups excluding tert-OH is 1. The molecular formula is C22H25ClN2O2. The van der Waals surface area contributed by atoms with Crippen molar-refractivity contribution in [3.8, 4) is 11.1 Å². The number of rotatable bonds is 3. The van der Waals surface area contributed by atoms with Crippen LogP contribution in [0.1, 0.15) is 29.6 Å². The van der Waals surface area contributed by atoms with Gasteiger partial charge in [-0.25, -0.2) is 0 Å². The fourth-order valence-corrected chi connectivity index (χ4v) is 4.38. The number of amides is 1. The first-order valence-corrected chi connectivity index (χ1v) is 10.1. The molecule has 2 heterocycles. The van der Waals surface area contributed by atoms with E-state index in [1.165, 1.54) is 0 Å². The Kier molecular flexibility index (Phi) is 5.48. The second kappa shape index (κ2) is 8.01. The van der Waals surface area contributed by atoms with Gasteiger partial charge in [0, 0.05) is 42.8 Å². The normalized spacial score (nSPS) is 21.6. The Labute approximate surface area is 165 Å². The molecule has 0 aliphatic carbocycles. The van der Waals surface area contributed by atoms with Gasteiger partial charge in [-0.15, -0.1) is 0 Å². The monoisotopic (exact) mass is 384 g/mol. The van der Waals surface area contributed by atoms with Crippen LogP contribution in [-0.4, -0.2) is 59.1 Å². The lowest BCUT2D eigenvalue weighted by Crippen LogP contribution is -2.46. The molecule has 0 radical (unpaired) electrons. The lowest BCUT2D eigenvalue weighted by molar-refractivity contribution is 0.0627. The van der Waals surface area contributed by atoms with Crippen molar-refractivity contribution >= 4 is 17.5 Å². The quantitative estimate of drug-likeness (QED) is 0.877. The highest BCUT2D eigenvalue weighted by molar-refractivity contribution is 6.30. The van der Waals surface area contributed by atoms with Crippen molar-refractivity contribution in [1.29, 1.82) is 0 Å². The maximum atomic E-state index is 12.8. The Morgan fingerprint density at radius 3 is 2.33 bits per heavy atom. The Morgan fingerprint density at radius 2 is 1.70 bits per heavy atom. The summed E-state index contributed by atoms with van der Waals surface area (Å²) >= 11 is 6.07. The molecule has 0 spiro atoms. The molecule has 2 aliphatic rings. The molecule has 2 saturated heterocycles. The number of piperidine rings is 1. The summed E-state index contributed by atoms with van der Waals surface area (Å²) in [5.41, 5.74) is 2.84. The zero-order valence-electron chi connectivity index (χ0n) is 15.4. The summed E-state index contributed by atoms with van der Waals surface area (Å²) in [6.45, 7) is 3.33. The molecule has 0 saturated carbocycles. The van der Waals surface area contributed by atoms with Gasteiger partial charge >= 0.3 is 0 Å². The molecule has 4 nitrogen and oxygen atoms in total. The molecule has 1 amide bonds. The number of β-amino-alcohol motifs (C(OH)–C–C–N with tert-alkyl or cyclic N) is 1. The van der Waals surface area contributed by atoms with Gasteiger partial charge in [-0.3, -0.25) is 9.69 Å². The molecule has 27 heavy (non-hydrogen) atoms. The first-order valence-electron chi connectivity index (χ1n) is 9.67. The molecule has 2 aliphatic heterocycles. The van der Waals surface area contributed by atoms with Crippen LogP contribution in [0.2, 0.25) is 5.02 Å². The number of halogens is 1. The molecule has 0 bridgehead atoms. The van der Waals surface area contributed by atoms with Crippen LogP contribution in [-0.2, 0) is 0 Å². The number of carbonyl (C=O) groups excluding carboxylic acids is 1. The highest BCUT2D eigenvalue weighted by Crippen LogP contribution is 2.25. The second-order valence-corrected chi connectivity index (χ2v) is 7.98. The van der Waals surface area contributed by atoms with Crippen LogP contribution in [0.5, 0.6) is 0 Å². The second-order valence-electron chi connectivity index (χ2n) is 7.55. The largest absolute Gasteiger partial charge is 0.392 e. The zero-order chi connectivity index (χ0) is 18.8. The fraction of sp³-hybridized carbons (Fsp3) is 0.409. The predicted octanol–water partition coefficient (Wildman–Crippen LogP) is 3.68. The van der Waals surface area contributed by atoms with Crippen LogP contribution in [0.3, 0.4) is 0 Å². The molecule has 1 atom stereocenters. The SMILES string of the molecule is O=C(c1ccc(-c2cccc(Cl)c2)cc1)N1CCC(N2CC[C@H](O)C2)CC1. The van der Waals surface area contributed by atoms with Crippen LogP contribution in [0.15, 0.2) is 48.5 Å². The Hall–Kier alpha value is -1.88. The van der Waals surface area contributed by atoms with E-state index in [4.69, 9.17) is 11.6 Å². The lowest BCUT2D eigenvalue weighted by Gasteiger charge is -2.36. The number of aliphatic hydroxyl groups is 1. The molecule has 142 valence electrons. The Balaban J connectivity index is 1.37. The summed E-state index contributed by atoms with van der Waals surface area (Å²) in [7, 11) is 0. The molecule has 0 unspecified atom stereocenters. The van der Waals surface area contributed by atoms with Gasteiger partial charge in [-0.1, -0.05) is 35.9 Å². The molecule has 2 aromatic rings. The van der Waals surface area contributed by atoms with Gasteiger partial charge in [-0.2, -0.15) is 0 Å². The number of likely N-dealkylation sites (tertiary alicyclic amines) is 2. The summed E-state index contributed by atoms with van der Waals surface area (Å²) < 4.78 is 0. The highest BCUT2D eigenvalue weighted by Gasteiger charge is 2.31. The minimum atomic E-state index is -0.178. The van der Waals surface area contributed by atoms with Crippen molar-refractivity contribution in [2.45, 2.75) is 31.4 Å². The molecule has 2 aromatic carbocycles. The lowest BCUT2D eigenvalue weighted by atomic mass is 10.0. The van der Waals surface area contributed by atoms with Crippen LogP contribution < -0.4 is 0 Å². The van der Waals surface area contributed by atoms with E-state index in [1.807, 2.05) is 53.4 Å². The topological polar surface area (TPSA) is 43.8 Å². The Morgan fingerprint density at radius 1 is 0.963 bits per heavy atom. The fourth-order valence-electron chi connectivity index (χ4n) is 4.19. The minimum Gasteiger partial charge on any atom is -0.392 e. The van der Waals surface area contributed by atoms with Crippen molar-refractivity contribution in [3.63, 3.8) is 0 Å². The van der Waals surface area contributed by atoms with Crippen LogP contribution >= 0.6 is 11.6 Å². The first-order chi connectivity index (χ1) is 13.1. The molecular weight excluding hydrogens is 360 g/mol. The number of carbonyl (C=O) groups is 1. The average molecular weight is 385 g/mol. The maximum Gasteiger partial charge on any atom is 0.253 e. The smallest absolute Gasteiger partial charge is 0.253 e. The summed E-state index contributed by atoms with van der Waals surface area (Å²) in [5, 5.41) is 10.4. The third-order valence-corrected chi connectivity index (χ3v) is 5.99. The minimum absolute atomic E-state index is 0.104. The average Bonchev–Trinajstić information content (AvgIpc) is 3.14. The van der Waals surface area contributed by atoms with E-state index in [9.17, 15) is 9.90 Å². The highest BCUT2D eigenvalue weighted by atomic mass is 35.5. The van der Waals surface area contributed by atoms with Crippen LogP contribution in [0, 0.1) is 0 Å². The van der Waals surface area contributed by atoms with Crippen LogP contribution in [0.4, 0.5) is 0 Å². The van der Waals surface area contributed by atoms with Gasteiger partial charge in [-0.05, 0) is 54.7 Å². The van der Waals surface area contributed by atoms with Gasteiger partial charge < -0.3 is 10.0 Å². The number of benzene rings is 2. The third kappa shape index (κ3) is 4.18. The molecule has 4 rings (SSSR count). The number of nitrogens with zero attached hydrogens (tertiary/aromatic N) is 2. The molecule has 0 aromatic heterocycles. The standard InChI is InChI=1S/C22H25ClN2O2/c23-19-3-1-2-18(14-19)16-4-6-17(7-5-16)22(27)24-11-8-20(9-12-24)25-13-10-21(26)15-25/h1-7,14,20-21,26H,8-13,15H2/t21-/m0/s1. The van der Waals surface area contributed by atoms with Gasteiger partial charge in [0.15, 0.2) is 0 Å². The first kappa shape index (κ1) is 18.5. The van der Waals surface area contributed by atoms with Crippen LogP contribution in [0.25, 0.3) is 11.1 Å². The van der Waals surface area contributed by atoms with Gasteiger partial charge in [0.05, 0.1) is 6.10 Å². The Bertz CT molecular complexity index is 800. The summed E-state index contributed by atoms with van der Waals surface area (Å²) in [6.07, 6.45) is 2.67. The number of hydrogen-bond donors (Lipinski definition) is 1.